The van der Waals surface area contributed by atoms with Gasteiger partial charge >= 0.3 is 5.97 Å². The quantitative estimate of drug-likeness (QED) is 0.592. The van der Waals surface area contributed by atoms with E-state index in [0.717, 1.165) is 25.7 Å². The summed E-state index contributed by atoms with van der Waals surface area (Å²) in [6.07, 6.45) is 3.61. The van der Waals surface area contributed by atoms with Crippen LogP contribution < -0.4 is 0 Å². The van der Waals surface area contributed by atoms with Gasteiger partial charge in [0.2, 0.25) is 0 Å². The van der Waals surface area contributed by atoms with Gasteiger partial charge in [-0.05, 0) is 25.7 Å². The van der Waals surface area contributed by atoms with Crippen molar-refractivity contribution < 1.29 is 13.7 Å². The number of hydrogen-bond donors (Lipinski definition) is 0. The van der Waals surface area contributed by atoms with Crippen molar-refractivity contribution in [2.75, 3.05) is 7.11 Å². The largest absolute Gasteiger partial charge is 0.469 e. The van der Waals surface area contributed by atoms with E-state index in [0.29, 0.717) is 0 Å². The number of carbonyl (C=O) groups excluding carboxylic acids is 1. The zero-order chi connectivity index (χ0) is 9.42. The lowest BCUT2D eigenvalue weighted by Gasteiger charge is -2.24. The van der Waals surface area contributed by atoms with Crippen molar-refractivity contribution in [1.82, 2.24) is 0 Å². The van der Waals surface area contributed by atoms with Crippen LogP contribution in [0.25, 0.3) is 0 Å². The van der Waals surface area contributed by atoms with E-state index in [9.17, 15) is 9.00 Å². The van der Waals surface area contributed by atoms with E-state index in [-0.39, 0.29) is 22.4 Å². The molecular formula is C9H14O3S. The fourth-order valence-corrected chi connectivity index (χ4v) is 4.52. The summed E-state index contributed by atoms with van der Waals surface area (Å²) in [5.74, 6) is -0.103. The van der Waals surface area contributed by atoms with Gasteiger partial charge in [0.1, 0.15) is 0 Å². The van der Waals surface area contributed by atoms with Crippen LogP contribution in [-0.2, 0) is 20.3 Å². The zero-order valence-corrected chi connectivity index (χ0v) is 8.51. The molecule has 0 N–H and O–H groups in total. The minimum atomic E-state index is -0.666. The summed E-state index contributed by atoms with van der Waals surface area (Å²) in [6, 6.07) is 0. The maximum Gasteiger partial charge on any atom is 0.308 e. The van der Waals surface area contributed by atoms with Gasteiger partial charge in [-0.15, -0.1) is 0 Å². The number of rotatable bonds is 1. The van der Waals surface area contributed by atoms with E-state index in [1.165, 1.54) is 7.11 Å². The van der Waals surface area contributed by atoms with E-state index in [2.05, 4.69) is 0 Å². The van der Waals surface area contributed by atoms with Crippen LogP contribution in [0.3, 0.4) is 0 Å². The maximum absolute atomic E-state index is 11.6. The molecule has 2 unspecified atom stereocenters. The summed E-state index contributed by atoms with van der Waals surface area (Å²) in [5.41, 5.74) is 0. The van der Waals surface area contributed by atoms with Crippen molar-refractivity contribution >= 4 is 16.8 Å². The van der Waals surface area contributed by atoms with Gasteiger partial charge in [-0.25, -0.2) is 0 Å². The maximum atomic E-state index is 11.6. The normalized spacial score (nSPS) is 43.2. The topological polar surface area (TPSA) is 43.4 Å². The summed E-state index contributed by atoms with van der Waals surface area (Å²) < 4.78 is 16.3. The van der Waals surface area contributed by atoms with Gasteiger partial charge in [0.15, 0.2) is 0 Å². The predicted octanol–water partition coefficient (Wildman–Crippen LogP) is 0.849. The second-order valence-corrected chi connectivity index (χ2v) is 5.83. The van der Waals surface area contributed by atoms with Crippen LogP contribution in [0.4, 0.5) is 0 Å². The van der Waals surface area contributed by atoms with Crippen LogP contribution in [0.2, 0.25) is 0 Å². The molecule has 0 saturated carbocycles. The number of hydrogen-bond acceptors (Lipinski definition) is 3. The Morgan fingerprint density at radius 3 is 2.31 bits per heavy atom. The van der Waals surface area contributed by atoms with Crippen LogP contribution in [0.1, 0.15) is 25.7 Å². The molecule has 0 amide bonds. The Bertz CT molecular complexity index is 235. The van der Waals surface area contributed by atoms with Crippen molar-refractivity contribution in [2.45, 2.75) is 36.2 Å². The van der Waals surface area contributed by atoms with E-state index >= 15 is 0 Å². The van der Waals surface area contributed by atoms with Gasteiger partial charge in [-0.3, -0.25) is 9.00 Å². The molecule has 2 heterocycles. The number of carbonyl (C=O) groups is 1. The van der Waals surface area contributed by atoms with Gasteiger partial charge < -0.3 is 4.74 Å². The van der Waals surface area contributed by atoms with Gasteiger partial charge in [0.25, 0.3) is 0 Å². The molecule has 2 saturated heterocycles. The number of fused-ring (bicyclic) bond motifs is 2. The third-order valence-corrected chi connectivity index (χ3v) is 5.27. The summed E-state index contributed by atoms with van der Waals surface area (Å²) in [7, 11) is 0.761. The highest BCUT2D eigenvalue weighted by Crippen LogP contribution is 2.38. The molecule has 2 fully saturated rings. The first kappa shape index (κ1) is 9.19. The Labute approximate surface area is 80.3 Å². The van der Waals surface area contributed by atoms with Crippen LogP contribution in [0, 0.1) is 5.92 Å². The van der Waals surface area contributed by atoms with Gasteiger partial charge in [-0.1, -0.05) is 0 Å². The van der Waals surface area contributed by atoms with Crippen molar-refractivity contribution in [1.29, 1.82) is 0 Å². The second kappa shape index (κ2) is 3.40. The standard InChI is InChI=1S/C9H14O3S/c1-12-9(10)6-4-7-2-3-8(5-6)13(7)11/h6-8H,2-5H2,1H3. The number of esters is 1. The monoisotopic (exact) mass is 202 g/mol. The van der Waals surface area contributed by atoms with E-state index in [1.54, 1.807) is 0 Å². The van der Waals surface area contributed by atoms with Crippen LogP contribution in [0.5, 0.6) is 0 Å². The molecule has 0 aliphatic carbocycles. The van der Waals surface area contributed by atoms with Gasteiger partial charge in [0.05, 0.1) is 13.0 Å². The first-order valence-corrected chi connectivity index (χ1v) is 5.97. The molecule has 0 aromatic carbocycles. The van der Waals surface area contributed by atoms with Crippen molar-refractivity contribution in [2.24, 2.45) is 5.92 Å². The number of ether oxygens (including phenoxy) is 1. The molecule has 0 aromatic heterocycles. The highest BCUT2D eigenvalue weighted by molar-refractivity contribution is 7.86. The first-order chi connectivity index (χ1) is 6.22. The summed E-state index contributed by atoms with van der Waals surface area (Å²) in [6.45, 7) is 0. The average Bonchev–Trinajstić information content (AvgIpc) is 2.42. The second-order valence-electron chi connectivity index (χ2n) is 3.84. The lowest BCUT2D eigenvalue weighted by atomic mass is 10.00. The molecule has 0 spiro atoms. The van der Waals surface area contributed by atoms with Crippen LogP contribution >= 0.6 is 0 Å². The van der Waals surface area contributed by atoms with E-state index in [1.807, 2.05) is 0 Å². The summed E-state index contributed by atoms with van der Waals surface area (Å²) in [5, 5.41) is 0.533. The predicted molar refractivity (Wildman–Crippen MR) is 49.7 cm³/mol. The van der Waals surface area contributed by atoms with Gasteiger partial charge in [0, 0.05) is 21.3 Å². The van der Waals surface area contributed by atoms with E-state index < -0.39 is 10.8 Å². The minimum Gasteiger partial charge on any atom is -0.469 e. The highest BCUT2D eigenvalue weighted by Gasteiger charge is 2.43. The molecule has 2 bridgehead atoms. The minimum absolute atomic E-state index is 0.0141. The van der Waals surface area contributed by atoms with Crippen molar-refractivity contribution in [3.63, 3.8) is 0 Å². The molecule has 2 aliphatic rings. The zero-order valence-electron chi connectivity index (χ0n) is 7.69. The third-order valence-electron chi connectivity index (χ3n) is 3.10. The third kappa shape index (κ3) is 1.52. The molecule has 0 aromatic rings. The Morgan fingerprint density at radius 1 is 1.31 bits per heavy atom. The molecule has 13 heavy (non-hydrogen) atoms. The van der Waals surface area contributed by atoms with Crippen molar-refractivity contribution in [3.05, 3.63) is 0 Å². The highest BCUT2D eigenvalue weighted by atomic mass is 32.2. The average molecular weight is 202 g/mol. The number of methoxy groups -OCH3 is 1. The fraction of sp³-hybridized carbons (Fsp3) is 0.889. The molecule has 3 nitrogen and oxygen atoms in total. The summed E-state index contributed by atoms with van der Waals surface area (Å²) in [4.78, 5) is 11.3. The molecule has 2 atom stereocenters. The summed E-state index contributed by atoms with van der Waals surface area (Å²) >= 11 is 0. The lowest BCUT2D eigenvalue weighted by molar-refractivity contribution is -0.145. The molecule has 4 heteroatoms. The van der Waals surface area contributed by atoms with Gasteiger partial charge in [-0.2, -0.15) is 0 Å². The molecule has 0 radical (unpaired) electrons. The SMILES string of the molecule is COC(=O)C1CC2CCC(C1)S2=O. The molecule has 74 valence electrons. The lowest BCUT2D eigenvalue weighted by Crippen LogP contribution is -2.32. The van der Waals surface area contributed by atoms with Crippen molar-refractivity contribution in [3.8, 4) is 0 Å². The molecular weight excluding hydrogens is 188 g/mol. The van der Waals surface area contributed by atoms with Crippen LogP contribution in [-0.4, -0.2) is 27.8 Å². The molecule has 2 aliphatic heterocycles. The smallest absolute Gasteiger partial charge is 0.308 e. The Morgan fingerprint density at radius 2 is 1.85 bits per heavy atom. The Hall–Kier alpha value is -0.380. The van der Waals surface area contributed by atoms with Crippen LogP contribution in [0.15, 0.2) is 0 Å². The Kier molecular flexibility index (Phi) is 2.41. The van der Waals surface area contributed by atoms with E-state index in [4.69, 9.17) is 4.74 Å². The first-order valence-electron chi connectivity index (χ1n) is 4.69. The molecule has 2 rings (SSSR count). The Balaban J connectivity index is 2.06. The fourth-order valence-electron chi connectivity index (χ4n) is 2.39.